The Morgan fingerprint density at radius 2 is 1.61 bits per heavy atom. The molecule has 1 nitrogen and oxygen atoms in total. The molecule has 0 aromatic heterocycles. The van der Waals surface area contributed by atoms with E-state index in [1.807, 2.05) is 0 Å². The van der Waals surface area contributed by atoms with Crippen LogP contribution in [0.5, 0.6) is 0 Å². The molecule has 0 saturated heterocycles. The van der Waals surface area contributed by atoms with Crippen LogP contribution < -0.4 is 5.32 Å². The summed E-state index contributed by atoms with van der Waals surface area (Å²) in [5, 5.41) is 2.11. The molecule has 0 amide bonds. The van der Waals surface area contributed by atoms with E-state index in [0.717, 1.165) is 12.1 Å². The van der Waals surface area contributed by atoms with E-state index in [-0.39, 0.29) is 5.56 Å². The molecule has 7 heteroatoms. The van der Waals surface area contributed by atoms with E-state index >= 15 is 0 Å². The normalized spacial score (nSPS) is 14.0. The Bertz CT molecular complexity index is 386. The molecule has 0 spiro atoms. The molecule has 0 aliphatic heterocycles. The SMILES string of the molecule is CC(NCC(F)(F)C(F)F)c1cc(F)cc(F)c1. The van der Waals surface area contributed by atoms with Crippen molar-refractivity contribution in [1.29, 1.82) is 0 Å². The number of nitrogens with one attached hydrogen (secondary N) is 1. The van der Waals surface area contributed by atoms with Gasteiger partial charge in [0.25, 0.3) is 0 Å². The first-order valence-corrected chi connectivity index (χ1v) is 5.07. The van der Waals surface area contributed by atoms with E-state index < -0.39 is 36.6 Å². The van der Waals surface area contributed by atoms with Crippen molar-refractivity contribution in [2.75, 3.05) is 6.54 Å². The summed E-state index contributed by atoms with van der Waals surface area (Å²) >= 11 is 0. The minimum absolute atomic E-state index is 0.0672. The lowest BCUT2D eigenvalue weighted by Gasteiger charge is -2.20. The molecular formula is C11H11F6N. The van der Waals surface area contributed by atoms with Crippen molar-refractivity contribution in [1.82, 2.24) is 5.32 Å². The van der Waals surface area contributed by atoms with Gasteiger partial charge in [0.1, 0.15) is 11.6 Å². The number of halogens is 6. The predicted molar refractivity (Wildman–Crippen MR) is 53.7 cm³/mol. The van der Waals surface area contributed by atoms with Gasteiger partial charge < -0.3 is 5.32 Å². The van der Waals surface area contributed by atoms with Gasteiger partial charge in [-0.1, -0.05) is 0 Å². The fourth-order valence-corrected chi connectivity index (χ4v) is 1.31. The molecule has 1 unspecified atom stereocenters. The Kier molecular flexibility index (Phi) is 4.61. The van der Waals surface area contributed by atoms with Crippen molar-refractivity contribution in [2.24, 2.45) is 0 Å². The van der Waals surface area contributed by atoms with Crippen LogP contribution in [-0.2, 0) is 0 Å². The van der Waals surface area contributed by atoms with Crippen LogP contribution in [0, 0.1) is 11.6 Å². The summed E-state index contributed by atoms with van der Waals surface area (Å²) in [5.41, 5.74) is 0.0672. The third-order valence-electron chi connectivity index (χ3n) is 2.35. The summed E-state index contributed by atoms with van der Waals surface area (Å²) in [6.07, 6.45) is -3.79. The molecular weight excluding hydrogens is 260 g/mol. The molecule has 0 bridgehead atoms. The van der Waals surface area contributed by atoms with Crippen molar-refractivity contribution in [3.05, 3.63) is 35.4 Å². The standard InChI is InChI=1S/C11H11F6N/c1-6(18-5-11(16,17)10(14)15)7-2-8(12)4-9(13)3-7/h2-4,6,10,18H,5H2,1H3. The second-order valence-corrected chi connectivity index (χ2v) is 3.87. The van der Waals surface area contributed by atoms with Gasteiger partial charge in [0, 0.05) is 12.1 Å². The zero-order chi connectivity index (χ0) is 13.9. The van der Waals surface area contributed by atoms with Gasteiger partial charge in [0.15, 0.2) is 0 Å². The van der Waals surface area contributed by atoms with E-state index in [1.54, 1.807) is 0 Å². The molecule has 0 saturated carbocycles. The average Bonchev–Trinajstić information content (AvgIpc) is 2.24. The van der Waals surface area contributed by atoms with E-state index in [9.17, 15) is 26.3 Å². The number of alkyl halides is 4. The van der Waals surface area contributed by atoms with E-state index in [1.165, 1.54) is 6.92 Å². The fourth-order valence-electron chi connectivity index (χ4n) is 1.31. The number of hydrogen-bond acceptors (Lipinski definition) is 1. The Labute approximate surface area is 99.8 Å². The van der Waals surface area contributed by atoms with Crippen LogP contribution >= 0.6 is 0 Å². The third kappa shape index (κ3) is 3.90. The van der Waals surface area contributed by atoms with Gasteiger partial charge in [-0.05, 0) is 24.6 Å². The van der Waals surface area contributed by atoms with Gasteiger partial charge in [-0.2, -0.15) is 8.78 Å². The first-order valence-electron chi connectivity index (χ1n) is 5.07. The second kappa shape index (κ2) is 5.60. The lowest BCUT2D eigenvalue weighted by molar-refractivity contribution is -0.126. The molecule has 102 valence electrons. The van der Waals surface area contributed by atoms with Crippen molar-refractivity contribution >= 4 is 0 Å². The first kappa shape index (κ1) is 14.8. The molecule has 0 aliphatic carbocycles. The Morgan fingerprint density at radius 3 is 2.06 bits per heavy atom. The van der Waals surface area contributed by atoms with Gasteiger partial charge in [-0.25, -0.2) is 17.6 Å². The smallest absolute Gasteiger partial charge is 0.304 e. The van der Waals surface area contributed by atoms with Crippen molar-refractivity contribution in [3.8, 4) is 0 Å². The van der Waals surface area contributed by atoms with Crippen LogP contribution in [0.2, 0.25) is 0 Å². The maximum atomic E-state index is 12.9. The Balaban J connectivity index is 2.68. The summed E-state index contributed by atoms with van der Waals surface area (Å²) in [7, 11) is 0. The monoisotopic (exact) mass is 271 g/mol. The zero-order valence-corrected chi connectivity index (χ0v) is 9.36. The summed E-state index contributed by atoms with van der Waals surface area (Å²) in [6.45, 7) is 0.0692. The van der Waals surface area contributed by atoms with Crippen LogP contribution in [0.15, 0.2) is 18.2 Å². The van der Waals surface area contributed by atoms with E-state index in [2.05, 4.69) is 5.32 Å². The van der Waals surface area contributed by atoms with Crippen LogP contribution in [0.3, 0.4) is 0 Å². The van der Waals surface area contributed by atoms with Gasteiger partial charge in [-0.3, -0.25) is 0 Å². The highest BCUT2D eigenvalue weighted by Crippen LogP contribution is 2.23. The summed E-state index contributed by atoms with van der Waals surface area (Å²) < 4.78 is 74.7. The van der Waals surface area contributed by atoms with E-state index in [0.29, 0.717) is 6.07 Å². The number of benzene rings is 1. The molecule has 1 aromatic carbocycles. The molecule has 1 N–H and O–H groups in total. The fraction of sp³-hybridized carbons (Fsp3) is 0.455. The highest BCUT2D eigenvalue weighted by Gasteiger charge is 2.40. The van der Waals surface area contributed by atoms with Crippen LogP contribution in [0.25, 0.3) is 0 Å². The predicted octanol–water partition coefficient (Wildman–Crippen LogP) is 3.52. The minimum atomic E-state index is -4.18. The van der Waals surface area contributed by atoms with Crippen LogP contribution in [0.4, 0.5) is 26.3 Å². The maximum absolute atomic E-state index is 12.9. The van der Waals surface area contributed by atoms with Crippen LogP contribution in [-0.4, -0.2) is 18.9 Å². The summed E-state index contributed by atoms with van der Waals surface area (Å²) in [5.74, 6) is -5.90. The van der Waals surface area contributed by atoms with Crippen molar-refractivity contribution in [3.63, 3.8) is 0 Å². The van der Waals surface area contributed by atoms with Crippen molar-refractivity contribution in [2.45, 2.75) is 25.3 Å². The van der Waals surface area contributed by atoms with Gasteiger partial charge >= 0.3 is 12.3 Å². The molecule has 1 rings (SSSR count). The van der Waals surface area contributed by atoms with Crippen LogP contribution in [0.1, 0.15) is 18.5 Å². The lowest BCUT2D eigenvalue weighted by atomic mass is 10.1. The van der Waals surface area contributed by atoms with E-state index in [4.69, 9.17) is 0 Å². The Morgan fingerprint density at radius 1 is 1.11 bits per heavy atom. The quantitative estimate of drug-likeness (QED) is 0.808. The Hall–Kier alpha value is -1.24. The molecule has 1 atom stereocenters. The minimum Gasteiger partial charge on any atom is -0.304 e. The van der Waals surface area contributed by atoms with Gasteiger partial charge in [-0.15, -0.1) is 0 Å². The summed E-state index contributed by atoms with van der Waals surface area (Å²) in [4.78, 5) is 0. The average molecular weight is 271 g/mol. The molecule has 18 heavy (non-hydrogen) atoms. The van der Waals surface area contributed by atoms with Gasteiger partial charge in [0.2, 0.25) is 0 Å². The molecule has 0 fully saturated rings. The highest BCUT2D eigenvalue weighted by molar-refractivity contribution is 5.20. The molecule has 0 radical (unpaired) electrons. The highest BCUT2D eigenvalue weighted by atomic mass is 19.3. The summed E-state index contributed by atoms with van der Waals surface area (Å²) in [6, 6.07) is 1.65. The molecule has 0 aliphatic rings. The first-order chi connectivity index (χ1) is 8.22. The van der Waals surface area contributed by atoms with Gasteiger partial charge in [0.05, 0.1) is 6.54 Å². The number of rotatable bonds is 5. The second-order valence-electron chi connectivity index (χ2n) is 3.87. The molecule has 0 heterocycles. The topological polar surface area (TPSA) is 12.0 Å². The molecule has 1 aromatic rings. The lowest BCUT2D eigenvalue weighted by Crippen LogP contribution is -2.39. The maximum Gasteiger partial charge on any atom is 0.319 e. The third-order valence-corrected chi connectivity index (χ3v) is 2.35. The number of hydrogen-bond donors (Lipinski definition) is 1. The zero-order valence-electron chi connectivity index (χ0n) is 9.36. The largest absolute Gasteiger partial charge is 0.319 e. The van der Waals surface area contributed by atoms with Crippen molar-refractivity contribution < 1.29 is 26.3 Å².